The molecule has 0 spiro atoms. The van der Waals surface area contributed by atoms with Crippen LogP contribution in [0.3, 0.4) is 0 Å². The second-order valence-electron chi connectivity index (χ2n) is 7.88. The molecule has 1 aromatic heterocycles. The maximum absolute atomic E-state index is 11.6. The lowest BCUT2D eigenvalue weighted by atomic mass is 9.92. The average Bonchev–Trinajstić information content (AvgIpc) is 2.52. The van der Waals surface area contributed by atoms with Crippen molar-refractivity contribution in [1.29, 1.82) is 0 Å². The van der Waals surface area contributed by atoms with Crippen LogP contribution in [0.2, 0.25) is 0 Å². The van der Waals surface area contributed by atoms with Crippen LogP contribution in [0.25, 0.3) is 0 Å². The molecule has 2 aliphatic rings. The van der Waals surface area contributed by atoms with Crippen LogP contribution in [0.5, 0.6) is 0 Å². The first kappa shape index (κ1) is 17.7. The molecule has 3 atom stereocenters. The molecule has 3 rings (SSSR count). The van der Waals surface area contributed by atoms with E-state index in [1.165, 1.54) is 6.42 Å². The summed E-state index contributed by atoms with van der Waals surface area (Å²) in [5, 5.41) is 11.6. The van der Waals surface area contributed by atoms with E-state index in [4.69, 9.17) is 5.73 Å². The van der Waals surface area contributed by atoms with Crippen LogP contribution >= 0.6 is 0 Å². The van der Waals surface area contributed by atoms with Crippen LogP contribution in [0.4, 0.5) is 23.3 Å². The summed E-state index contributed by atoms with van der Waals surface area (Å²) in [6.45, 7) is 9.85. The van der Waals surface area contributed by atoms with Gasteiger partial charge in [0.1, 0.15) is 0 Å². The van der Waals surface area contributed by atoms with E-state index in [1.54, 1.807) is 0 Å². The van der Waals surface area contributed by atoms with E-state index in [2.05, 4.69) is 35.6 Å². The lowest BCUT2D eigenvalue weighted by Gasteiger charge is -2.36. The van der Waals surface area contributed by atoms with E-state index in [0.717, 1.165) is 39.0 Å². The maximum Gasteiger partial charge on any atom is 0.353 e. The van der Waals surface area contributed by atoms with Crippen LogP contribution in [0.1, 0.15) is 40.0 Å². The molecule has 138 valence electrons. The smallest absolute Gasteiger partial charge is 0.353 e. The summed E-state index contributed by atoms with van der Waals surface area (Å²) in [6.07, 6.45) is 3.32. The van der Waals surface area contributed by atoms with Gasteiger partial charge in [0.15, 0.2) is 0 Å². The monoisotopic (exact) mass is 348 g/mol. The van der Waals surface area contributed by atoms with Gasteiger partial charge >= 0.3 is 5.69 Å². The zero-order chi connectivity index (χ0) is 18.1. The third-order valence-electron chi connectivity index (χ3n) is 5.17. The zero-order valence-electron chi connectivity index (χ0n) is 15.3. The predicted molar refractivity (Wildman–Crippen MR) is 98.9 cm³/mol. The summed E-state index contributed by atoms with van der Waals surface area (Å²) >= 11 is 0. The normalized spacial score (nSPS) is 27.4. The van der Waals surface area contributed by atoms with Gasteiger partial charge in [0.25, 0.3) is 0 Å². The van der Waals surface area contributed by atoms with Crippen LogP contribution in [-0.4, -0.2) is 41.1 Å². The van der Waals surface area contributed by atoms with Crippen molar-refractivity contribution in [3.05, 3.63) is 10.1 Å². The molecule has 25 heavy (non-hydrogen) atoms. The third-order valence-corrected chi connectivity index (χ3v) is 5.17. The molecule has 0 bridgehead atoms. The van der Waals surface area contributed by atoms with Crippen molar-refractivity contribution in [2.75, 3.05) is 41.7 Å². The number of nitro groups is 1. The Kier molecular flexibility index (Phi) is 4.96. The molecule has 0 amide bonds. The Hall–Kier alpha value is -2.12. The lowest BCUT2D eigenvalue weighted by Crippen LogP contribution is -2.40. The van der Waals surface area contributed by atoms with Crippen molar-refractivity contribution < 1.29 is 4.92 Å². The lowest BCUT2D eigenvalue weighted by molar-refractivity contribution is -0.383. The third kappa shape index (κ3) is 3.77. The molecule has 1 aromatic rings. The Morgan fingerprint density at radius 2 is 1.72 bits per heavy atom. The van der Waals surface area contributed by atoms with Crippen molar-refractivity contribution in [2.45, 2.75) is 40.0 Å². The van der Waals surface area contributed by atoms with Crippen molar-refractivity contribution >= 4 is 23.3 Å². The highest BCUT2D eigenvalue weighted by Crippen LogP contribution is 2.36. The summed E-state index contributed by atoms with van der Waals surface area (Å²) in [6, 6.07) is 0. The molecule has 3 heterocycles. The molecule has 8 heteroatoms. The van der Waals surface area contributed by atoms with Crippen molar-refractivity contribution in [1.82, 2.24) is 9.97 Å². The topological polar surface area (TPSA) is 101 Å². The molecule has 2 N–H and O–H groups in total. The quantitative estimate of drug-likeness (QED) is 0.662. The minimum Gasteiger partial charge on any atom is -0.378 e. The minimum atomic E-state index is -0.449. The Morgan fingerprint density at radius 1 is 1.08 bits per heavy atom. The van der Waals surface area contributed by atoms with E-state index < -0.39 is 4.92 Å². The average molecular weight is 348 g/mol. The van der Waals surface area contributed by atoms with Gasteiger partial charge in [-0.3, -0.25) is 10.1 Å². The summed E-state index contributed by atoms with van der Waals surface area (Å²) in [5.41, 5.74) is 5.84. The van der Waals surface area contributed by atoms with Crippen LogP contribution in [-0.2, 0) is 0 Å². The van der Waals surface area contributed by atoms with Crippen molar-refractivity contribution in [2.24, 2.45) is 17.8 Å². The van der Waals surface area contributed by atoms with Crippen LogP contribution in [0, 0.1) is 27.9 Å². The highest BCUT2D eigenvalue weighted by molar-refractivity contribution is 5.71. The van der Waals surface area contributed by atoms with Gasteiger partial charge in [-0.05, 0) is 37.0 Å². The standard InChI is InChI=1S/C17H28N6O2/c1-11-5-4-6-21(8-11)16-14(23(24)25)15(18)19-17(20-16)22-9-12(2)7-13(3)10-22/h11-13H,4-10H2,1-3H3,(H2,18,19,20)/t11-,12-,13+/m0/s1. The van der Waals surface area contributed by atoms with Gasteiger partial charge in [-0.25, -0.2) is 0 Å². The van der Waals surface area contributed by atoms with E-state index >= 15 is 0 Å². The van der Waals surface area contributed by atoms with Gasteiger partial charge in [0, 0.05) is 26.2 Å². The first-order valence-electron chi connectivity index (χ1n) is 9.17. The fraction of sp³-hybridized carbons (Fsp3) is 0.765. The number of anilines is 3. The number of hydrogen-bond acceptors (Lipinski definition) is 7. The Morgan fingerprint density at radius 3 is 2.32 bits per heavy atom. The van der Waals surface area contributed by atoms with Gasteiger partial charge in [-0.2, -0.15) is 9.97 Å². The molecule has 2 saturated heterocycles. The Bertz CT molecular complexity index is 642. The number of nitrogens with zero attached hydrogens (tertiary/aromatic N) is 5. The number of nitrogen functional groups attached to an aromatic ring is 1. The molecule has 8 nitrogen and oxygen atoms in total. The summed E-state index contributed by atoms with van der Waals surface area (Å²) in [7, 11) is 0. The summed E-state index contributed by atoms with van der Waals surface area (Å²) in [4.78, 5) is 24.2. The Labute approximate surface area is 148 Å². The maximum atomic E-state index is 11.6. The Balaban J connectivity index is 1.99. The van der Waals surface area contributed by atoms with Crippen molar-refractivity contribution in [3.63, 3.8) is 0 Å². The fourth-order valence-electron chi connectivity index (χ4n) is 4.19. The van der Waals surface area contributed by atoms with E-state index in [0.29, 0.717) is 29.5 Å². The molecule has 2 aliphatic heterocycles. The number of rotatable bonds is 3. The number of piperidine rings is 2. The molecule has 0 saturated carbocycles. The minimum absolute atomic E-state index is 0.0332. The predicted octanol–water partition coefficient (Wildman–Crippen LogP) is 2.69. The van der Waals surface area contributed by atoms with Gasteiger partial charge in [-0.15, -0.1) is 0 Å². The highest BCUT2D eigenvalue weighted by atomic mass is 16.6. The van der Waals surface area contributed by atoms with Crippen LogP contribution < -0.4 is 15.5 Å². The first-order chi connectivity index (χ1) is 11.8. The van der Waals surface area contributed by atoms with E-state index in [9.17, 15) is 10.1 Å². The van der Waals surface area contributed by atoms with Crippen molar-refractivity contribution in [3.8, 4) is 0 Å². The molecule has 2 fully saturated rings. The highest BCUT2D eigenvalue weighted by Gasteiger charge is 2.32. The van der Waals surface area contributed by atoms with Crippen LogP contribution in [0.15, 0.2) is 0 Å². The van der Waals surface area contributed by atoms with Gasteiger partial charge < -0.3 is 15.5 Å². The zero-order valence-corrected chi connectivity index (χ0v) is 15.3. The van der Waals surface area contributed by atoms with E-state index in [1.807, 2.05) is 4.90 Å². The van der Waals surface area contributed by atoms with Gasteiger partial charge in [0.2, 0.25) is 17.6 Å². The molecule has 0 unspecified atom stereocenters. The molecular weight excluding hydrogens is 320 g/mol. The fourth-order valence-corrected chi connectivity index (χ4v) is 4.19. The number of nitrogens with two attached hydrogens (primary N) is 1. The van der Waals surface area contributed by atoms with E-state index in [-0.39, 0.29) is 11.5 Å². The largest absolute Gasteiger partial charge is 0.378 e. The summed E-state index contributed by atoms with van der Waals surface area (Å²) in [5.74, 6) is 2.45. The molecule has 0 aliphatic carbocycles. The summed E-state index contributed by atoms with van der Waals surface area (Å²) < 4.78 is 0. The first-order valence-corrected chi connectivity index (χ1v) is 9.17. The molecule has 0 aromatic carbocycles. The number of aromatic nitrogens is 2. The van der Waals surface area contributed by atoms with Gasteiger partial charge in [-0.1, -0.05) is 20.8 Å². The van der Waals surface area contributed by atoms with Gasteiger partial charge in [0.05, 0.1) is 4.92 Å². The molecule has 0 radical (unpaired) electrons. The number of hydrogen-bond donors (Lipinski definition) is 1. The SMILES string of the molecule is C[C@@H]1C[C@H](C)CN(c2nc(N)c([N+](=O)[O-])c(N3CCC[C@H](C)C3)n2)C1. The molecular formula is C17H28N6O2. The second-order valence-corrected chi connectivity index (χ2v) is 7.88. The second kappa shape index (κ2) is 7.01.